The SMILES string of the molecule is CCCCCCCCCCCCCCON1CCNCC1. The van der Waals surface area contributed by atoms with Crippen molar-refractivity contribution < 1.29 is 4.84 Å². The third-order valence-corrected chi connectivity index (χ3v) is 4.35. The molecule has 3 heteroatoms. The first-order chi connectivity index (χ1) is 10.4. The van der Waals surface area contributed by atoms with Crippen LogP contribution in [0.3, 0.4) is 0 Å². The molecule has 1 heterocycles. The molecule has 0 bridgehead atoms. The molecule has 0 aromatic carbocycles. The van der Waals surface area contributed by atoms with Gasteiger partial charge in [0.1, 0.15) is 0 Å². The zero-order valence-electron chi connectivity index (χ0n) is 14.4. The van der Waals surface area contributed by atoms with E-state index in [1.54, 1.807) is 0 Å². The van der Waals surface area contributed by atoms with Crippen LogP contribution in [0, 0.1) is 0 Å². The van der Waals surface area contributed by atoms with Crippen LogP contribution in [-0.4, -0.2) is 37.8 Å². The highest BCUT2D eigenvalue weighted by atomic mass is 16.7. The fourth-order valence-electron chi connectivity index (χ4n) is 2.91. The van der Waals surface area contributed by atoms with E-state index in [4.69, 9.17) is 4.84 Å². The second-order valence-corrected chi connectivity index (χ2v) is 6.40. The molecule has 0 unspecified atom stereocenters. The molecule has 1 rings (SSSR count). The van der Waals surface area contributed by atoms with Crippen LogP contribution in [0.1, 0.15) is 84.0 Å². The molecule has 1 N–H and O–H groups in total. The van der Waals surface area contributed by atoms with Gasteiger partial charge in [0.2, 0.25) is 0 Å². The van der Waals surface area contributed by atoms with Crippen molar-refractivity contribution >= 4 is 0 Å². The molecule has 0 saturated carbocycles. The molecule has 21 heavy (non-hydrogen) atoms. The van der Waals surface area contributed by atoms with E-state index >= 15 is 0 Å². The number of rotatable bonds is 14. The predicted octanol–water partition coefficient (Wildman–Crippen LogP) is 4.52. The number of unbranched alkanes of at least 4 members (excludes halogenated alkanes) is 11. The lowest BCUT2D eigenvalue weighted by Crippen LogP contribution is -2.43. The predicted molar refractivity (Wildman–Crippen MR) is 91.5 cm³/mol. The first-order valence-corrected chi connectivity index (χ1v) is 9.52. The summed E-state index contributed by atoms with van der Waals surface area (Å²) in [6.45, 7) is 7.42. The van der Waals surface area contributed by atoms with E-state index in [1.807, 2.05) is 0 Å². The molecule has 1 fully saturated rings. The lowest BCUT2D eigenvalue weighted by Gasteiger charge is -2.26. The summed E-state index contributed by atoms with van der Waals surface area (Å²) < 4.78 is 0. The summed E-state index contributed by atoms with van der Waals surface area (Å²) >= 11 is 0. The Morgan fingerprint density at radius 1 is 0.714 bits per heavy atom. The largest absolute Gasteiger partial charge is 0.314 e. The van der Waals surface area contributed by atoms with Crippen molar-refractivity contribution in [2.24, 2.45) is 0 Å². The minimum atomic E-state index is 0.914. The van der Waals surface area contributed by atoms with Crippen LogP contribution in [0.25, 0.3) is 0 Å². The van der Waals surface area contributed by atoms with Gasteiger partial charge in [-0.05, 0) is 6.42 Å². The van der Waals surface area contributed by atoms with Crippen LogP contribution >= 0.6 is 0 Å². The third-order valence-electron chi connectivity index (χ3n) is 4.35. The molecule has 1 saturated heterocycles. The number of hydroxylamine groups is 2. The molecule has 0 aromatic rings. The number of piperazine rings is 1. The van der Waals surface area contributed by atoms with Crippen LogP contribution in [0.15, 0.2) is 0 Å². The summed E-state index contributed by atoms with van der Waals surface area (Å²) in [5.74, 6) is 0. The van der Waals surface area contributed by atoms with Gasteiger partial charge in [-0.25, -0.2) is 0 Å². The van der Waals surface area contributed by atoms with Crippen molar-refractivity contribution in [1.82, 2.24) is 10.4 Å². The normalized spacial score (nSPS) is 16.4. The zero-order chi connectivity index (χ0) is 15.0. The Morgan fingerprint density at radius 3 is 1.71 bits per heavy atom. The summed E-state index contributed by atoms with van der Waals surface area (Å²) in [5, 5.41) is 5.46. The second kappa shape index (κ2) is 14.8. The smallest absolute Gasteiger partial charge is 0.0685 e. The highest BCUT2D eigenvalue weighted by molar-refractivity contribution is 4.60. The van der Waals surface area contributed by atoms with Gasteiger partial charge in [-0.2, -0.15) is 5.06 Å². The number of hydrogen-bond acceptors (Lipinski definition) is 3. The molecular weight excluding hydrogens is 260 g/mol. The van der Waals surface area contributed by atoms with Crippen LogP contribution < -0.4 is 5.32 Å². The van der Waals surface area contributed by atoms with Gasteiger partial charge < -0.3 is 5.32 Å². The summed E-state index contributed by atoms with van der Waals surface area (Å²) in [5.41, 5.74) is 0. The van der Waals surface area contributed by atoms with Crippen LogP contribution in [0.5, 0.6) is 0 Å². The minimum Gasteiger partial charge on any atom is -0.314 e. The molecule has 0 aromatic heterocycles. The molecule has 0 spiro atoms. The Balaban J connectivity index is 1.69. The van der Waals surface area contributed by atoms with E-state index in [2.05, 4.69) is 17.3 Å². The quantitative estimate of drug-likeness (QED) is 0.477. The van der Waals surface area contributed by atoms with Crippen molar-refractivity contribution in [2.75, 3.05) is 32.8 Å². The fourth-order valence-corrected chi connectivity index (χ4v) is 2.91. The van der Waals surface area contributed by atoms with Gasteiger partial charge in [0, 0.05) is 26.2 Å². The van der Waals surface area contributed by atoms with Gasteiger partial charge in [0.15, 0.2) is 0 Å². The van der Waals surface area contributed by atoms with Gasteiger partial charge in [0.05, 0.1) is 6.61 Å². The van der Waals surface area contributed by atoms with E-state index in [-0.39, 0.29) is 0 Å². The van der Waals surface area contributed by atoms with E-state index < -0.39 is 0 Å². The molecule has 1 aliphatic rings. The monoisotopic (exact) mass is 298 g/mol. The third kappa shape index (κ3) is 12.1. The highest BCUT2D eigenvalue weighted by Gasteiger charge is 2.08. The number of hydrogen-bond donors (Lipinski definition) is 1. The summed E-state index contributed by atoms with van der Waals surface area (Å²) in [7, 11) is 0. The molecule has 3 nitrogen and oxygen atoms in total. The fraction of sp³-hybridized carbons (Fsp3) is 1.00. The summed E-state index contributed by atoms with van der Waals surface area (Å²) in [6, 6.07) is 0. The molecule has 0 atom stereocenters. The lowest BCUT2D eigenvalue weighted by molar-refractivity contribution is -0.165. The summed E-state index contributed by atoms with van der Waals surface area (Å²) in [6.07, 6.45) is 16.9. The van der Waals surface area contributed by atoms with Crippen molar-refractivity contribution in [2.45, 2.75) is 84.0 Å². The molecule has 0 radical (unpaired) electrons. The van der Waals surface area contributed by atoms with Crippen LogP contribution in [0.2, 0.25) is 0 Å². The Kier molecular flexibility index (Phi) is 13.3. The first kappa shape index (κ1) is 18.9. The van der Waals surface area contributed by atoms with Crippen LogP contribution in [0.4, 0.5) is 0 Å². The van der Waals surface area contributed by atoms with Crippen molar-refractivity contribution in [3.8, 4) is 0 Å². The average molecular weight is 299 g/mol. The van der Waals surface area contributed by atoms with E-state index in [0.717, 1.165) is 32.8 Å². The lowest BCUT2D eigenvalue weighted by atomic mass is 10.1. The molecular formula is C18H38N2O. The maximum atomic E-state index is 5.77. The maximum Gasteiger partial charge on any atom is 0.0685 e. The zero-order valence-corrected chi connectivity index (χ0v) is 14.4. The van der Waals surface area contributed by atoms with Gasteiger partial charge in [-0.1, -0.05) is 77.6 Å². The molecule has 0 aliphatic carbocycles. The van der Waals surface area contributed by atoms with Crippen molar-refractivity contribution in [3.05, 3.63) is 0 Å². The van der Waals surface area contributed by atoms with E-state index in [1.165, 1.54) is 77.0 Å². The van der Waals surface area contributed by atoms with Gasteiger partial charge in [-0.15, -0.1) is 0 Å². The first-order valence-electron chi connectivity index (χ1n) is 9.52. The molecule has 1 aliphatic heterocycles. The Hall–Kier alpha value is -0.120. The van der Waals surface area contributed by atoms with Gasteiger partial charge >= 0.3 is 0 Å². The maximum absolute atomic E-state index is 5.77. The Bertz CT molecular complexity index is 205. The Morgan fingerprint density at radius 2 is 1.19 bits per heavy atom. The number of nitrogens with one attached hydrogen (secondary N) is 1. The molecule has 126 valence electrons. The standard InChI is InChI=1S/C18H38N2O/c1-2-3-4-5-6-7-8-9-10-11-12-13-18-21-20-16-14-19-15-17-20/h19H,2-18H2,1H3. The van der Waals surface area contributed by atoms with Gasteiger partial charge in [0.25, 0.3) is 0 Å². The average Bonchev–Trinajstić information content (AvgIpc) is 2.53. The summed E-state index contributed by atoms with van der Waals surface area (Å²) in [4.78, 5) is 5.77. The topological polar surface area (TPSA) is 24.5 Å². The number of nitrogens with zero attached hydrogens (tertiary/aromatic N) is 1. The van der Waals surface area contributed by atoms with Crippen LogP contribution in [-0.2, 0) is 4.84 Å². The molecule has 0 amide bonds. The highest BCUT2D eigenvalue weighted by Crippen LogP contribution is 2.12. The Labute approximate surface area is 132 Å². The second-order valence-electron chi connectivity index (χ2n) is 6.40. The van der Waals surface area contributed by atoms with E-state index in [9.17, 15) is 0 Å². The van der Waals surface area contributed by atoms with Crippen molar-refractivity contribution in [1.29, 1.82) is 0 Å². The van der Waals surface area contributed by atoms with Crippen molar-refractivity contribution in [3.63, 3.8) is 0 Å². The van der Waals surface area contributed by atoms with Gasteiger partial charge in [-0.3, -0.25) is 4.84 Å². The van der Waals surface area contributed by atoms with E-state index in [0.29, 0.717) is 0 Å². The minimum absolute atomic E-state index is 0.914.